The Balaban J connectivity index is 1.41. The van der Waals surface area contributed by atoms with Crippen molar-refractivity contribution in [1.82, 2.24) is 5.32 Å². The van der Waals surface area contributed by atoms with Gasteiger partial charge in [-0.2, -0.15) is 0 Å². The number of hydrogen-bond donors (Lipinski definition) is 1. The van der Waals surface area contributed by atoms with Crippen LogP contribution in [0.15, 0.2) is 78.9 Å². The molecule has 1 N–H and O–H groups in total. The van der Waals surface area contributed by atoms with Gasteiger partial charge < -0.3 is 10.1 Å². The summed E-state index contributed by atoms with van der Waals surface area (Å²) in [5.74, 6) is 0.882. The minimum atomic E-state index is -0.0453. The lowest BCUT2D eigenvalue weighted by Gasteiger charge is -2.14. The predicted octanol–water partition coefficient (Wildman–Crippen LogP) is 4.01. The molecule has 3 heteroatoms. The first kappa shape index (κ1) is 16.4. The highest BCUT2D eigenvalue weighted by Gasteiger charge is 2.23. The number of hydrogen-bond acceptors (Lipinski definition) is 2. The molecule has 1 amide bonds. The predicted molar refractivity (Wildman–Crippen MR) is 103 cm³/mol. The van der Waals surface area contributed by atoms with E-state index in [0.29, 0.717) is 6.54 Å². The number of ether oxygens (including phenoxy) is 1. The zero-order chi connectivity index (χ0) is 17.8. The van der Waals surface area contributed by atoms with Gasteiger partial charge in [0.2, 0.25) is 0 Å². The SMILES string of the molecule is O=C(NC[C@H]1Cc2ccccc2O1)c1ccccc1Cc1ccccc1. The maximum atomic E-state index is 12.7. The lowest BCUT2D eigenvalue weighted by atomic mass is 9.99. The molecule has 1 aliphatic heterocycles. The first-order valence-electron chi connectivity index (χ1n) is 8.94. The van der Waals surface area contributed by atoms with E-state index in [4.69, 9.17) is 4.74 Å². The van der Waals surface area contributed by atoms with Gasteiger partial charge >= 0.3 is 0 Å². The summed E-state index contributed by atoms with van der Waals surface area (Å²) in [5, 5.41) is 3.04. The van der Waals surface area contributed by atoms with Crippen LogP contribution in [0.1, 0.15) is 27.0 Å². The highest BCUT2D eigenvalue weighted by Crippen LogP contribution is 2.27. The summed E-state index contributed by atoms with van der Waals surface area (Å²) in [4.78, 5) is 12.7. The van der Waals surface area contributed by atoms with Crippen LogP contribution in [0.25, 0.3) is 0 Å². The quantitative estimate of drug-likeness (QED) is 0.760. The Morgan fingerprint density at radius 3 is 2.50 bits per heavy atom. The van der Waals surface area contributed by atoms with Crippen LogP contribution >= 0.6 is 0 Å². The topological polar surface area (TPSA) is 38.3 Å². The van der Waals surface area contributed by atoms with E-state index >= 15 is 0 Å². The molecular weight excluding hydrogens is 322 g/mol. The van der Waals surface area contributed by atoms with E-state index in [9.17, 15) is 4.79 Å². The van der Waals surface area contributed by atoms with Crippen LogP contribution in [0.4, 0.5) is 0 Å². The molecule has 1 heterocycles. The van der Waals surface area contributed by atoms with E-state index in [1.165, 1.54) is 11.1 Å². The van der Waals surface area contributed by atoms with Gasteiger partial charge in [0.25, 0.3) is 5.91 Å². The summed E-state index contributed by atoms with van der Waals surface area (Å²) >= 11 is 0. The zero-order valence-electron chi connectivity index (χ0n) is 14.5. The van der Waals surface area contributed by atoms with Gasteiger partial charge in [-0.1, -0.05) is 66.7 Å². The normalized spacial score (nSPS) is 15.2. The van der Waals surface area contributed by atoms with E-state index in [-0.39, 0.29) is 12.0 Å². The van der Waals surface area contributed by atoms with Crippen LogP contribution in [-0.4, -0.2) is 18.6 Å². The number of fused-ring (bicyclic) bond motifs is 1. The van der Waals surface area contributed by atoms with Crippen molar-refractivity contribution < 1.29 is 9.53 Å². The van der Waals surface area contributed by atoms with Crippen molar-refractivity contribution in [3.8, 4) is 5.75 Å². The minimum absolute atomic E-state index is 0.00219. The molecule has 1 atom stereocenters. The molecule has 0 fully saturated rings. The summed E-state index contributed by atoms with van der Waals surface area (Å²) in [6.45, 7) is 0.507. The molecule has 3 aromatic carbocycles. The Labute approximate surface area is 153 Å². The molecule has 0 radical (unpaired) electrons. The molecule has 0 unspecified atom stereocenters. The van der Waals surface area contributed by atoms with Gasteiger partial charge in [0, 0.05) is 12.0 Å². The van der Waals surface area contributed by atoms with E-state index in [2.05, 4.69) is 23.5 Å². The number of benzene rings is 3. The molecule has 0 aliphatic carbocycles. The van der Waals surface area contributed by atoms with Gasteiger partial charge in [-0.15, -0.1) is 0 Å². The third kappa shape index (κ3) is 3.62. The summed E-state index contributed by atoms with van der Waals surface area (Å²) in [5.41, 5.74) is 4.16. The van der Waals surface area contributed by atoms with Crippen molar-refractivity contribution in [2.45, 2.75) is 18.9 Å². The van der Waals surface area contributed by atoms with E-state index < -0.39 is 0 Å². The standard InChI is InChI=1S/C23H21NO2/c25-23(24-16-20-15-19-11-5-7-13-22(19)26-20)21-12-6-4-10-18(21)14-17-8-2-1-3-9-17/h1-13,20H,14-16H2,(H,24,25)/t20-/m1/s1. The second-order valence-electron chi connectivity index (χ2n) is 6.58. The van der Waals surface area contributed by atoms with E-state index in [1.807, 2.05) is 60.7 Å². The lowest BCUT2D eigenvalue weighted by Crippen LogP contribution is -2.34. The van der Waals surface area contributed by atoms with Gasteiger partial charge in [0.15, 0.2) is 0 Å². The Morgan fingerprint density at radius 2 is 1.65 bits per heavy atom. The number of nitrogens with one attached hydrogen (secondary N) is 1. The molecule has 3 aromatic rings. The molecule has 3 nitrogen and oxygen atoms in total. The molecule has 130 valence electrons. The van der Waals surface area contributed by atoms with Gasteiger partial charge in [0.1, 0.15) is 11.9 Å². The summed E-state index contributed by atoms with van der Waals surface area (Å²) in [7, 11) is 0. The molecule has 26 heavy (non-hydrogen) atoms. The third-order valence-corrected chi connectivity index (χ3v) is 4.70. The number of carbonyl (C=O) groups is 1. The molecule has 0 saturated carbocycles. The summed E-state index contributed by atoms with van der Waals surface area (Å²) in [6, 6.07) is 26.0. The number of amides is 1. The smallest absolute Gasteiger partial charge is 0.251 e. The molecule has 0 saturated heterocycles. The first-order valence-corrected chi connectivity index (χ1v) is 8.94. The van der Waals surface area contributed by atoms with Crippen molar-refractivity contribution in [3.05, 3.63) is 101 Å². The molecular formula is C23H21NO2. The lowest BCUT2D eigenvalue weighted by molar-refractivity contribution is 0.0932. The number of rotatable bonds is 5. The Hall–Kier alpha value is -3.07. The highest BCUT2D eigenvalue weighted by molar-refractivity contribution is 5.95. The second kappa shape index (κ2) is 7.44. The van der Waals surface area contributed by atoms with Crippen molar-refractivity contribution >= 4 is 5.91 Å². The van der Waals surface area contributed by atoms with Crippen molar-refractivity contribution in [2.75, 3.05) is 6.54 Å². The van der Waals surface area contributed by atoms with Crippen molar-refractivity contribution in [3.63, 3.8) is 0 Å². The van der Waals surface area contributed by atoms with Gasteiger partial charge in [0.05, 0.1) is 6.54 Å². The molecule has 0 bridgehead atoms. The maximum Gasteiger partial charge on any atom is 0.251 e. The largest absolute Gasteiger partial charge is 0.488 e. The number of carbonyl (C=O) groups excluding carboxylic acids is 1. The fourth-order valence-electron chi connectivity index (χ4n) is 3.38. The fraction of sp³-hybridized carbons (Fsp3) is 0.174. The van der Waals surface area contributed by atoms with Crippen molar-refractivity contribution in [2.24, 2.45) is 0 Å². The van der Waals surface area contributed by atoms with Crippen LogP contribution in [0.5, 0.6) is 5.75 Å². The van der Waals surface area contributed by atoms with E-state index in [1.54, 1.807) is 0 Å². The number of para-hydroxylation sites is 1. The molecule has 4 rings (SSSR count). The van der Waals surface area contributed by atoms with Crippen LogP contribution in [0.2, 0.25) is 0 Å². The Morgan fingerprint density at radius 1 is 0.923 bits per heavy atom. The maximum absolute atomic E-state index is 12.7. The third-order valence-electron chi connectivity index (χ3n) is 4.70. The van der Waals surface area contributed by atoms with Crippen LogP contribution in [0.3, 0.4) is 0 Å². The second-order valence-corrected chi connectivity index (χ2v) is 6.58. The fourth-order valence-corrected chi connectivity index (χ4v) is 3.38. The van der Waals surface area contributed by atoms with Gasteiger partial charge in [-0.3, -0.25) is 4.79 Å². The Kier molecular flexibility index (Phi) is 4.69. The van der Waals surface area contributed by atoms with Crippen LogP contribution in [-0.2, 0) is 12.8 Å². The minimum Gasteiger partial charge on any atom is -0.488 e. The van der Waals surface area contributed by atoms with Gasteiger partial charge in [-0.05, 0) is 35.2 Å². The molecule has 1 aliphatic rings. The average molecular weight is 343 g/mol. The first-order chi connectivity index (χ1) is 12.8. The van der Waals surface area contributed by atoms with Crippen molar-refractivity contribution in [1.29, 1.82) is 0 Å². The monoisotopic (exact) mass is 343 g/mol. The zero-order valence-corrected chi connectivity index (χ0v) is 14.5. The van der Waals surface area contributed by atoms with Crippen LogP contribution < -0.4 is 10.1 Å². The average Bonchev–Trinajstić information content (AvgIpc) is 3.10. The Bertz CT molecular complexity index is 880. The highest BCUT2D eigenvalue weighted by atomic mass is 16.5. The van der Waals surface area contributed by atoms with Gasteiger partial charge in [-0.25, -0.2) is 0 Å². The molecule has 0 aromatic heterocycles. The molecule has 0 spiro atoms. The summed E-state index contributed by atoms with van der Waals surface area (Å²) in [6.07, 6.45) is 1.58. The van der Waals surface area contributed by atoms with Crippen LogP contribution in [0, 0.1) is 0 Å². The summed E-state index contributed by atoms with van der Waals surface area (Å²) < 4.78 is 5.90. The van der Waals surface area contributed by atoms with E-state index in [0.717, 1.165) is 29.7 Å².